The predicted molar refractivity (Wildman–Crippen MR) is 103 cm³/mol. The van der Waals surface area contributed by atoms with Crippen LogP contribution in [-0.4, -0.2) is 33.1 Å². The first-order valence-electron chi connectivity index (χ1n) is 9.13. The Bertz CT molecular complexity index is 748. The van der Waals surface area contributed by atoms with Crippen molar-refractivity contribution in [2.75, 3.05) is 26.7 Å². The van der Waals surface area contributed by atoms with Gasteiger partial charge in [0.15, 0.2) is 12.0 Å². The second kappa shape index (κ2) is 11.3. The summed E-state index contributed by atoms with van der Waals surface area (Å²) in [6, 6.07) is 12.9. The van der Waals surface area contributed by atoms with Gasteiger partial charge >= 0.3 is 0 Å². The molecule has 0 saturated carbocycles. The molecule has 2 aromatic rings. The number of aliphatic imine (C=N–C) groups is 1. The lowest BCUT2D eigenvalue weighted by Crippen LogP contribution is -3.05. The number of hydrogen-bond acceptors (Lipinski definition) is 2. The molecule has 1 atom stereocenters. The molecule has 4 nitrogen and oxygen atoms in total. The summed E-state index contributed by atoms with van der Waals surface area (Å²) >= 11 is 0. The summed E-state index contributed by atoms with van der Waals surface area (Å²) in [7, 11) is 1.71. The summed E-state index contributed by atoms with van der Waals surface area (Å²) in [6.07, 6.45) is 4.35. The van der Waals surface area contributed by atoms with Crippen LogP contribution in [-0.2, 0) is 6.42 Å². The van der Waals surface area contributed by atoms with E-state index in [1.165, 1.54) is 33.7 Å². The fourth-order valence-corrected chi connectivity index (χ4v) is 3.22. The molecular weight excluding hydrogens is 381 g/mol. The molecule has 2 aromatic carbocycles. The Morgan fingerprint density at radius 2 is 1.70 bits per heavy atom. The Morgan fingerprint density at radius 1 is 1.00 bits per heavy atom. The van der Waals surface area contributed by atoms with E-state index in [4.69, 9.17) is 4.74 Å². The summed E-state index contributed by atoms with van der Waals surface area (Å²) in [5.74, 6) is 0.925. The molecule has 0 bridgehead atoms. The quantitative estimate of drug-likeness (QED) is 0.425. The maximum absolute atomic E-state index is 5.19. The maximum Gasteiger partial charge on any atom is 0.194 e. The number of nitrogens with one attached hydrogen (secondary N) is 1. The third kappa shape index (κ3) is 6.22. The summed E-state index contributed by atoms with van der Waals surface area (Å²) in [5.41, 5.74) is 6.52. The average Bonchev–Trinajstić information content (AvgIpc) is 3.00. The predicted octanol–water partition coefficient (Wildman–Crippen LogP) is -4.29. The van der Waals surface area contributed by atoms with Crippen LogP contribution in [0.25, 0.3) is 0 Å². The standard InChI is InChI=1S/C21H27N3O.2ClH/c1-16-13-20-21(14-17(16)2)24(15-23-20)12-4-10-22-11-9-18-5-7-19(25-3)8-6-18;;/h5-8,13-15,22H,4,9-12H2,1-3H3;2*1H. The van der Waals surface area contributed by atoms with Crippen LogP contribution in [0.2, 0.25) is 0 Å². The summed E-state index contributed by atoms with van der Waals surface area (Å²) in [6.45, 7) is 7.73. The number of fused-ring (bicyclic) bond motifs is 1. The number of nitrogens with zero attached hydrogens (tertiary/aromatic N) is 1. The number of ether oxygens (including phenoxy) is 1. The zero-order valence-corrected chi connectivity index (χ0v) is 17.8. The van der Waals surface area contributed by atoms with Crippen LogP contribution < -0.4 is 39.8 Å². The molecule has 27 heavy (non-hydrogen) atoms. The van der Waals surface area contributed by atoms with E-state index in [2.05, 4.69) is 54.8 Å². The number of benzene rings is 2. The molecule has 0 fully saturated rings. The zero-order chi connectivity index (χ0) is 17.6. The van der Waals surface area contributed by atoms with Gasteiger partial charge in [0.25, 0.3) is 0 Å². The molecule has 0 aliphatic carbocycles. The van der Waals surface area contributed by atoms with Gasteiger partial charge in [-0.25, -0.2) is 0 Å². The van der Waals surface area contributed by atoms with Crippen LogP contribution in [0.1, 0.15) is 23.1 Å². The minimum Gasteiger partial charge on any atom is -1.00 e. The van der Waals surface area contributed by atoms with Crippen molar-refractivity contribution in [2.45, 2.75) is 26.7 Å². The van der Waals surface area contributed by atoms with Gasteiger partial charge in [0.2, 0.25) is 0 Å². The van der Waals surface area contributed by atoms with E-state index in [9.17, 15) is 0 Å². The minimum absolute atomic E-state index is 0. The average molecular weight is 410 g/mol. The zero-order valence-electron chi connectivity index (χ0n) is 16.3. The van der Waals surface area contributed by atoms with E-state index >= 15 is 0 Å². The first-order valence-corrected chi connectivity index (χ1v) is 9.13. The Morgan fingerprint density at radius 3 is 2.41 bits per heavy atom. The molecule has 0 spiro atoms. The largest absolute Gasteiger partial charge is 1.00 e. The van der Waals surface area contributed by atoms with E-state index in [1.807, 2.05) is 12.1 Å². The van der Waals surface area contributed by atoms with Crippen LogP contribution in [0, 0.1) is 13.8 Å². The number of quaternary nitrogens is 2. The van der Waals surface area contributed by atoms with Crippen LogP contribution in [0.4, 0.5) is 11.4 Å². The van der Waals surface area contributed by atoms with Crippen LogP contribution >= 0.6 is 0 Å². The van der Waals surface area contributed by atoms with Crippen molar-refractivity contribution in [1.82, 2.24) is 0 Å². The van der Waals surface area contributed by atoms with Gasteiger partial charge in [-0.1, -0.05) is 12.1 Å². The number of hydrogen-bond donors (Lipinski definition) is 2. The number of rotatable bonds is 8. The molecule has 0 radical (unpaired) electrons. The van der Waals surface area contributed by atoms with Gasteiger partial charge in [-0.15, -0.1) is 0 Å². The SMILES string of the molecule is COc1ccc(CC[NH2+]CCC[NH+]2C=Nc3cc(C)c(C)cc32)cc1.[Cl-].[Cl-]. The third-order valence-electron chi connectivity index (χ3n) is 4.97. The van der Waals surface area contributed by atoms with Crippen LogP contribution in [0.5, 0.6) is 5.75 Å². The molecule has 6 heteroatoms. The van der Waals surface area contributed by atoms with Crippen molar-refractivity contribution < 1.29 is 39.8 Å². The first-order chi connectivity index (χ1) is 12.2. The number of halogens is 2. The monoisotopic (exact) mass is 409 g/mol. The van der Waals surface area contributed by atoms with Gasteiger partial charge in [-0.2, -0.15) is 4.99 Å². The lowest BCUT2D eigenvalue weighted by atomic mass is 10.1. The molecule has 1 aliphatic heterocycles. The topological polar surface area (TPSA) is 42.6 Å². The maximum atomic E-state index is 5.19. The van der Waals surface area contributed by atoms with Crippen molar-refractivity contribution in [3.8, 4) is 5.75 Å². The second-order valence-electron chi connectivity index (χ2n) is 6.80. The molecule has 1 aliphatic rings. The molecule has 0 aromatic heterocycles. The Kier molecular flexibility index (Phi) is 9.81. The van der Waals surface area contributed by atoms with E-state index in [0.717, 1.165) is 37.5 Å². The Balaban J connectivity index is 0.00000182. The molecule has 3 rings (SSSR count). The van der Waals surface area contributed by atoms with Gasteiger partial charge in [0.05, 0.1) is 26.7 Å². The normalized spacial score (nSPS) is 14.3. The van der Waals surface area contributed by atoms with Crippen molar-refractivity contribution in [3.05, 3.63) is 53.1 Å². The number of methoxy groups -OCH3 is 1. The third-order valence-corrected chi connectivity index (χ3v) is 4.97. The van der Waals surface area contributed by atoms with Crippen molar-refractivity contribution >= 4 is 17.7 Å². The highest BCUT2D eigenvalue weighted by molar-refractivity contribution is 5.73. The molecule has 0 saturated heterocycles. The molecular formula is C21H29Cl2N3O. The molecule has 3 N–H and O–H groups in total. The Hall–Kier alpha value is -1.59. The van der Waals surface area contributed by atoms with Crippen LogP contribution in [0.3, 0.4) is 0 Å². The first kappa shape index (κ1) is 23.4. The highest BCUT2D eigenvalue weighted by Crippen LogP contribution is 2.27. The highest BCUT2D eigenvalue weighted by atomic mass is 35.5. The fourth-order valence-electron chi connectivity index (χ4n) is 3.22. The van der Waals surface area contributed by atoms with Crippen molar-refractivity contribution in [2.24, 2.45) is 4.99 Å². The van der Waals surface area contributed by atoms with Crippen molar-refractivity contribution in [1.29, 1.82) is 0 Å². The van der Waals surface area contributed by atoms with Gasteiger partial charge in [0.1, 0.15) is 11.4 Å². The Labute approximate surface area is 174 Å². The van der Waals surface area contributed by atoms with E-state index in [0.29, 0.717) is 0 Å². The van der Waals surface area contributed by atoms with Gasteiger partial charge in [-0.3, -0.25) is 4.90 Å². The molecule has 0 amide bonds. The van der Waals surface area contributed by atoms with Gasteiger partial charge in [-0.05, 0) is 48.7 Å². The molecule has 1 heterocycles. The highest BCUT2D eigenvalue weighted by Gasteiger charge is 2.21. The van der Waals surface area contributed by atoms with E-state index < -0.39 is 0 Å². The molecule has 1 unspecified atom stereocenters. The smallest absolute Gasteiger partial charge is 0.194 e. The van der Waals surface area contributed by atoms with Gasteiger partial charge < -0.3 is 34.9 Å². The number of aryl methyl sites for hydroxylation is 2. The fraction of sp³-hybridized carbons (Fsp3) is 0.381. The second-order valence-corrected chi connectivity index (χ2v) is 6.80. The van der Waals surface area contributed by atoms with Crippen molar-refractivity contribution in [3.63, 3.8) is 0 Å². The summed E-state index contributed by atoms with van der Waals surface area (Å²) in [4.78, 5) is 5.96. The molecule has 148 valence electrons. The van der Waals surface area contributed by atoms with Crippen LogP contribution in [0.15, 0.2) is 41.4 Å². The van der Waals surface area contributed by atoms with E-state index in [1.54, 1.807) is 7.11 Å². The lowest BCUT2D eigenvalue weighted by molar-refractivity contribution is -0.728. The summed E-state index contributed by atoms with van der Waals surface area (Å²) < 4.78 is 5.19. The van der Waals surface area contributed by atoms with E-state index in [-0.39, 0.29) is 24.8 Å². The van der Waals surface area contributed by atoms with Gasteiger partial charge in [0, 0.05) is 18.9 Å². The summed E-state index contributed by atoms with van der Waals surface area (Å²) in [5, 5.41) is 2.41. The minimum atomic E-state index is 0. The lowest BCUT2D eigenvalue weighted by Gasteiger charge is -2.11. The number of nitrogens with two attached hydrogens (primary N) is 1.